The van der Waals surface area contributed by atoms with E-state index in [4.69, 9.17) is 4.74 Å². The number of hydrogen-bond donors (Lipinski definition) is 1. The third kappa shape index (κ3) is 3.63. The lowest BCUT2D eigenvalue weighted by Gasteiger charge is -2.16. The fourth-order valence-corrected chi connectivity index (χ4v) is 3.79. The number of carbonyl (C=O) groups excluding carboxylic acids is 2. The van der Waals surface area contributed by atoms with Gasteiger partial charge in [0.1, 0.15) is 5.75 Å². The second-order valence-electron chi connectivity index (χ2n) is 6.22. The van der Waals surface area contributed by atoms with Crippen LogP contribution in [0.2, 0.25) is 0 Å². The molecule has 0 unspecified atom stereocenters. The highest BCUT2D eigenvalue weighted by atomic mass is 32.2. The van der Waals surface area contributed by atoms with Crippen LogP contribution in [0.1, 0.15) is 16.7 Å². The molecule has 140 valence electrons. The van der Waals surface area contributed by atoms with E-state index >= 15 is 0 Å². The third-order valence-electron chi connectivity index (χ3n) is 4.49. The lowest BCUT2D eigenvalue weighted by atomic mass is 10.0. The van der Waals surface area contributed by atoms with E-state index in [0.717, 1.165) is 11.1 Å². The summed E-state index contributed by atoms with van der Waals surface area (Å²) in [6.07, 6.45) is 0. The highest BCUT2D eigenvalue weighted by molar-refractivity contribution is 8.04. The van der Waals surface area contributed by atoms with E-state index in [1.54, 1.807) is 24.3 Å². The normalized spacial score (nSPS) is 14.3. The van der Waals surface area contributed by atoms with Crippen molar-refractivity contribution in [1.82, 2.24) is 0 Å². The second kappa shape index (κ2) is 7.98. The highest BCUT2D eigenvalue weighted by Crippen LogP contribution is 2.39. The minimum Gasteiger partial charge on any atom is -0.497 e. The van der Waals surface area contributed by atoms with Crippen molar-refractivity contribution in [3.05, 3.63) is 64.1 Å². The van der Waals surface area contributed by atoms with Gasteiger partial charge in [-0.05, 0) is 42.7 Å². The lowest BCUT2D eigenvalue weighted by Crippen LogP contribution is -2.31. The highest BCUT2D eigenvalue weighted by Gasteiger charge is 2.40. The largest absolute Gasteiger partial charge is 0.497 e. The molecule has 0 aliphatic carbocycles. The topological polar surface area (TPSA) is 66.8 Å². The molecule has 2 aromatic rings. The Kier molecular flexibility index (Phi) is 5.68. The average Bonchev–Trinajstić information content (AvgIpc) is 2.92. The molecule has 6 heteroatoms. The molecule has 0 aromatic heterocycles. The predicted octanol–water partition coefficient (Wildman–Crippen LogP) is 3.32. The second-order valence-corrected chi connectivity index (χ2v) is 7.33. The van der Waals surface area contributed by atoms with Crippen molar-refractivity contribution >= 4 is 34.8 Å². The quantitative estimate of drug-likeness (QED) is 0.775. The summed E-state index contributed by atoms with van der Waals surface area (Å²) >= 11 is 1.20. The standard InChI is InChI=1S/C21H21NO4S/c1-13-7-8-15(11-14(13)2)18-19(27-10-9-23)21(25)22(20(18)24)16-5-4-6-17(12-16)26-3/h4-8,11-12,23H,9-10H2,1-3H3. The van der Waals surface area contributed by atoms with Crippen LogP contribution < -0.4 is 9.64 Å². The molecule has 2 aromatic carbocycles. The van der Waals surface area contributed by atoms with Gasteiger partial charge in [0.05, 0.1) is 29.9 Å². The Balaban J connectivity index is 2.09. The van der Waals surface area contributed by atoms with Gasteiger partial charge in [-0.3, -0.25) is 9.59 Å². The molecule has 3 rings (SSSR count). The summed E-state index contributed by atoms with van der Waals surface area (Å²) in [6, 6.07) is 12.6. The fourth-order valence-electron chi connectivity index (χ4n) is 2.93. The summed E-state index contributed by atoms with van der Waals surface area (Å²) in [6.45, 7) is 3.90. The molecule has 0 spiro atoms. The number of hydrogen-bond acceptors (Lipinski definition) is 5. The van der Waals surface area contributed by atoms with Gasteiger partial charge in [-0.15, -0.1) is 11.8 Å². The fraction of sp³-hybridized carbons (Fsp3) is 0.238. The summed E-state index contributed by atoms with van der Waals surface area (Å²) in [4.78, 5) is 27.8. The number of aliphatic hydroxyl groups is 1. The Morgan fingerprint density at radius 3 is 2.48 bits per heavy atom. The van der Waals surface area contributed by atoms with Crippen LogP contribution in [0.4, 0.5) is 5.69 Å². The van der Waals surface area contributed by atoms with Crippen LogP contribution in [0.3, 0.4) is 0 Å². The number of carbonyl (C=O) groups is 2. The number of anilines is 1. The number of aryl methyl sites for hydroxylation is 2. The van der Waals surface area contributed by atoms with Crippen LogP contribution in [0.15, 0.2) is 47.4 Å². The predicted molar refractivity (Wildman–Crippen MR) is 108 cm³/mol. The molecule has 2 amide bonds. The summed E-state index contributed by atoms with van der Waals surface area (Å²) < 4.78 is 5.22. The van der Waals surface area contributed by atoms with Crippen LogP contribution in [0.5, 0.6) is 5.75 Å². The molecule has 0 saturated heterocycles. The molecular weight excluding hydrogens is 362 g/mol. The number of rotatable bonds is 6. The molecule has 1 aliphatic rings. The zero-order valence-corrected chi connectivity index (χ0v) is 16.3. The van der Waals surface area contributed by atoms with Crippen molar-refractivity contribution in [2.24, 2.45) is 0 Å². The van der Waals surface area contributed by atoms with Crippen LogP contribution in [-0.4, -0.2) is 36.4 Å². The van der Waals surface area contributed by atoms with Gasteiger partial charge in [-0.1, -0.05) is 24.3 Å². The first-order chi connectivity index (χ1) is 13.0. The van der Waals surface area contributed by atoms with E-state index in [1.807, 2.05) is 32.0 Å². The number of methoxy groups -OCH3 is 1. The van der Waals surface area contributed by atoms with Gasteiger partial charge in [0.2, 0.25) is 0 Å². The first-order valence-electron chi connectivity index (χ1n) is 8.56. The zero-order valence-electron chi connectivity index (χ0n) is 15.5. The van der Waals surface area contributed by atoms with Crippen LogP contribution in [0, 0.1) is 13.8 Å². The van der Waals surface area contributed by atoms with Gasteiger partial charge < -0.3 is 9.84 Å². The van der Waals surface area contributed by atoms with E-state index in [0.29, 0.717) is 33.2 Å². The monoisotopic (exact) mass is 383 g/mol. The maximum atomic E-state index is 13.2. The van der Waals surface area contributed by atoms with E-state index in [9.17, 15) is 14.7 Å². The number of aliphatic hydroxyl groups excluding tert-OH is 1. The molecular formula is C21H21NO4S. The molecule has 0 fully saturated rings. The molecule has 0 atom stereocenters. The number of benzene rings is 2. The third-order valence-corrected chi connectivity index (χ3v) is 5.54. The van der Waals surface area contributed by atoms with Crippen molar-refractivity contribution in [1.29, 1.82) is 0 Å². The van der Waals surface area contributed by atoms with E-state index in [1.165, 1.54) is 23.8 Å². The number of imide groups is 1. The Bertz CT molecular complexity index is 936. The first kappa shape index (κ1) is 19.2. The van der Waals surface area contributed by atoms with Gasteiger partial charge in [0.15, 0.2) is 0 Å². The number of amides is 2. The molecule has 0 saturated carbocycles. The average molecular weight is 383 g/mol. The minimum atomic E-state index is -0.375. The Hall–Kier alpha value is -2.57. The SMILES string of the molecule is COc1cccc(N2C(=O)C(SCCO)=C(c3ccc(C)c(C)c3)C2=O)c1. The zero-order chi connectivity index (χ0) is 19.6. The molecule has 0 bridgehead atoms. The van der Waals surface area contributed by atoms with Crippen LogP contribution in [-0.2, 0) is 9.59 Å². The Morgan fingerprint density at radius 1 is 1.04 bits per heavy atom. The molecule has 1 heterocycles. The van der Waals surface area contributed by atoms with E-state index in [-0.39, 0.29) is 18.4 Å². The van der Waals surface area contributed by atoms with Gasteiger partial charge in [-0.25, -0.2) is 4.90 Å². The first-order valence-corrected chi connectivity index (χ1v) is 9.55. The van der Waals surface area contributed by atoms with E-state index in [2.05, 4.69) is 0 Å². The van der Waals surface area contributed by atoms with Gasteiger partial charge in [-0.2, -0.15) is 0 Å². The van der Waals surface area contributed by atoms with Crippen LogP contribution in [0.25, 0.3) is 5.57 Å². The summed E-state index contributed by atoms with van der Waals surface area (Å²) in [5, 5.41) is 9.20. The molecule has 0 radical (unpaired) electrons. The van der Waals surface area contributed by atoms with Gasteiger partial charge >= 0.3 is 0 Å². The Morgan fingerprint density at radius 2 is 1.81 bits per heavy atom. The van der Waals surface area contributed by atoms with E-state index < -0.39 is 0 Å². The van der Waals surface area contributed by atoms with Crippen molar-refractivity contribution in [3.63, 3.8) is 0 Å². The van der Waals surface area contributed by atoms with Gasteiger partial charge in [0.25, 0.3) is 11.8 Å². The Labute approximate surface area is 162 Å². The summed E-state index contributed by atoms with van der Waals surface area (Å²) in [5.74, 6) is 0.170. The smallest absolute Gasteiger partial charge is 0.272 e. The van der Waals surface area contributed by atoms with Crippen molar-refractivity contribution in [2.45, 2.75) is 13.8 Å². The maximum absolute atomic E-state index is 13.2. The van der Waals surface area contributed by atoms with Gasteiger partial charge in [0, 0.05) is 11.8 Å². The number of ether oxygens (including phenoxy) is 1. The molecule has 27 heavy (non-hydrogen) atoms. The summed E-state index contributed by atoms with van der Waals surface area (Å²) in [5.41, 5.74) is 3.72. The molecule has 5 nitrogen and oxygen atoms in total. The van der Waals surface area contributed by atoms with Crippen molar-refractivity contribution in [3.8, 4) is 5.75 Å². The maximum Gasteiger partial charge on any atom is 0.272 e. The van der Waals surface area contributed by atoms with Crippen LogP contribution >= 0.6 is 11.8 Å². The molecule has 1 N–H and O–H groups in total. The minimum absolute atomic E-state index is 0.0744. The van der Waals surface area contributed by atoms with Crippen molar-refractivity contribution < 1.29 is 19.4 Å². The molecule has 1 aliphatic heterocycles. The number of nitrogens with zero attached hydrogens (tertiary/aromatic N) is 1. The summed E-state index contributed by atoms with van der Waals surface area (Å²) in [7, 11) is 1.54. The van der Waals surface area contributed by atoms with Crippen molar-refractivity contribution in [2.75, 3.05) is 24.4 Å². The lowest BCUT2D eigenvalue weighted by molar-refractivity contribution is -0.119. The number of thioether (sulfide) groups is 1.